The minimum Gasteiger partial charge on any atom is -0.492 e. The van der Waals surface area contributed by atoms with Gasteiger partial charge in [-0.2, -0.15) is 4.31 Å². The molecule has 0 spiro atoms. The molecule has 8 nitrogen and oxygen atoms in total. The van der Waals surface area contributed by atoms with E-state index in [0.717, 1.165) is 5.56 Å². The lowest BCUT2D eigenvalue weighted by Crippen LogP contribution is -2.40. The molecule has 0 bridgehead atoms. The van der Waals surface area contributed by atoms with Crippen LogP contribution in [0.1, 0.15) is 5.56 Å². The van der Waals surface area contributed by atoms with Gasteiger partial charge in [-0.25, -0.2) is 21.6 Å². The van der Waals surface area contributed by atoms with Crippen molar-refractivity contribution < 1.29 is 26.3 Å². The third kappa shape index (κ3) is 5.34. The molecule has 1 aliphatic heterocycles. The number of ether oxygens (including phenoxy) is 2. The molecule has 1 saturated heterocycles. The maximum Gasteiger partial charge on any atom is 0.243 e. The summed E-state index contributed by atoms with van der Waals surface area (Å²) in [5, 5.41) is 0. The molecule has 29 heavy (non-hydrogen) atoms. The fourth-order valence-corrected chi connectivity index (χ4v) is 5.29. The largest absolute Gasteiger partial charge is 0.492 e. The van der Waals surface area contributed by atoms with E-state index in [1.807, 2.05) is 31.2 Å². The number of nitrogens with zero attached hydrogens (tertiary/aromatic N) is 1. The van der Waals surface area contributed by atoms with Crippen molar-refractivity contribution in [2.75, 3.05) is 39.5 Å². The average molecular weight is 441 g/mol. The summed E-state index contributed by atoms with van der Waals surface area (Å²) >= 11 is 0. The first-order valence-electron chi connectivity index (χ1n) is 9.17. The highest BCUT2D eigenvalue weighted by atomic mass is 32.2. The Kier molecular flexibility index (Phi) is 6.91. The summed E-state index contributed by atoms with van der Waals surface area (Å²) in [4.78, 5) is 0.0514. The van der Waals surface area contributed by atoms with Crippen LogP contribution in [0.4, 0.5) is 0 Å². The highest BCUT2D eigenvalue weighted by molar-refractivity contribution is 7.89. The maximum atomic E-state index is 12.6. The molecule has 3 rings (SSSR count). The van der Waals surface area contributed by atoms with E-state index >= 15 is 0 Å². The van der Waals surface area contributed by atoms with E-state index in [-0.39, 0.29) is 36.0 Å². The number of para-hydroxylation sites is 1. The Bertz CT molecular complexity index is 1030. The summed E-state index contributed by atoms with van der Waals surface area (Å²) < 4.78 is 64.6. The molecule has 2 aromatic rings. The third-order valence-corrected chi connectivity index (χ3v) is 7.88. The van der Waals surface area contributed by atoms with Gasteiger partial charge in [0, 0.05) is 19.6 Å². The van der Waals surface area contributed by atoms with Crippen LogP contribution in [0.5, 0.6) is 5.75 Å². The van der Waals surface area contributed by atoms with Crippen molar-refractivity contribution in [2.45, 2.75) is 16.7 Å². The van der Waals surface area contributed by atoms with E-state index in [4.69, 9.17) is 9.47 Å². The fraction of sp³-hybridized carbons (Fsp3) is 0.368. The molecule has 10 heteroatoms. The van der Waals surface area contributed by atoms with Gasteiger partial charge in [-0.3, -0.25) is 0 Å². The molecule has 1 N–H and O–H groups in total. The predicted molar refractivity (Wildman–Crippen MR) is 108 cm³/mol. The second-order valence-corrected chi connectivity index (χ2v) is 10.2. The summed E-state index contributed by atoms with van der Waals surface area (Å²) in [6, 6.07) is 12.7. The minimum atomic E-state index is -3.77. The number of aryl methyl sites for hydroxylation is 1. The quantitative estimate of drug-likeness (QED) is 0.622. The van der Waals surface area contributed by atoms with Gasteiger partial charge < -0.3 is 9.47 Å². The molecule has 0 aromatic heterocycles. The Morgan fingerprint density at radius 1 is 0.966 bits per heavy atom. The second-order valence-electron chi connectivity index (χ2n) is 6.50. The highest BCUT2D eigenvalue weighted by Gasteiger charge is 2.26. The number of hydrogen-bond acceptors (Lipinski definition) is 6. The van der Waals surface area contributed by atoms with Crippen LogP contribution in [0, 0.1) is 6.92 Å². The van der Waals surface area contributed by atoms with Gasteiger partial charge in [-0.15, -0.1) is 0 Å². The first kappa shape index (κ1) is 21.7. The number of benzene rings is 2. The van der Waals surface area contributed by atoms with Crippen molar-refractivity contribution in [2.24, 2.45) is 0 Å². The monoisotopic (exact) mass is 440 g/mol. The van der Waals surface area contributed by atoms with Gasteiger partial charge >= 0.3 is 0 Å². The standard InChI is InChI=1S/C19H24N2O6S2/c1-16-4-2-3-5-19(16)27-13-10-20-28(22,23)17-6-8-18(9-7-17)29(24,25)21-11-14-26-15-12-21/h2-9,20H,10-15H2,1H3. The van der Waals surface area contributed by atoms with Crippen molar-refractivity contribution in [3.63, 3.8) is 0 Å². The topological polar surface area (TPSA) is 102 Å². The molecule has 158 valence electrons. The van der Waals surface area contributed by atoms with Crippen molar-refractivity contribution in [3.8, 4) is 5.75 Å². The van der Waals surface area contributed by atoms with Crippen LogP contribution >= 0.6 is 0 Å². The number of sulfonamides is 2. The van der Waals surface area contributed by atoms with E-state index in [0.29, 0.717) is 19.0 Å². The van der Waals surface area contributed by atoms with Crippen molar-refractivity contribution in [1.29, 1.82) is 0 Å². The summed E-state index contributed by atoms with van der Waals surface area (Å²) in [7, 11) is -7.43. The molecule has 2 aromatic carbocycles. The van der Waals surface area contributed by atoms with Gasteiger partial charge in [0.25, 0.3) is 0 Å². The maximum absolute atomic E-state index is 12.6. The van der Waals surface area contributed by atoms with E-state index in [9.17, 15) is 16.8 Å². The summed E-state index contributed by atoms with van der Waals surface area (Å²) in [5.74, 6) is 0.698. The Hall–Kier alpha value is -1.98. The lowest BCUT2D eigenvalue weighted by atomic mass is 10.2. The number of hydrogen-bond donors (Lipinski definition) is 1. The SMILES string of the molecule is Cc1ccccc1OCCNS(=O)(=O)c1ccc(S(=O)(=O)N2CCOCC2)cc1. The zero-order chi connectivity index (χ0) is 20.9. The molecule has 1 fully saturated rings. The smallest absolute Gasteiger partial charge is 0.243 e. The number of morpholine rings is 1. The predicted octanol–water partition coefficient (Wildman–Crippen LogP) is 1.37. The van der Waals surface area contributed by atoms with Crippen LogP contribution < -0.4 is 9.46 Å². The van der Waals surface area contributed by atoms with E-state index in [1.54, 1.807) is 0 Å². The minimum absolute atomic E-state index is 0.00526. The summed E-state index contributed by atoms with van der Waals surface area (Å²) in [6.45, 7) is 3.43. The number of rotatable bonds is 8. The van der Waals surface area contributed by atoms with Gasteiger partial charge in [0.05, 0.1) is 23.0 Å². The average Bonchev–Trinajstić information content (AvgIpc) is 2.73. The zero-order valence-electron chi connectivity index (χ0n) is 16.1. The summed E-state index contributed by atoms with van der Waals surface area (Å²) in [5.41, 5.74) is 0.965. The van der Waals surface area contributed by atoms with Crippen LogP contribution in [-0.2, 0) is 24.8 Å². The Balaban J connectivity index is 1.60. The molecule has 0 saturated carbocycles. The molecule has 0 unspecified atom stereocenters. The first-order chi connectivity index (χ1) is 13.8. The van der Waals surface area contributed by atoms with Crippen LogP contribution in [0.15, 0.2) is 58.3 Å². The lowest BCUT2D eigenvalue weighted by Gasteiger charge is -2.26. The molecule has 1 aliphatic rings. The molecule has 0 amide bonds. The first-order valence-corrected chi connectivity index (χ1v) is 12.1. The summed E-state index contributed by atoms with van der Waals surface area (Å²) in [6.07, 6.45) is 0. The van der Waals surface area contributed by atoms with Crippen molar-refractivity contribution in [3.05, 3.63) is 54.1 Å². The van der Waals surface area contributed by atoms with Crippen LogP contribution in [-0.4, -0.2) is 60.6 Å². The molecule has 1 heterocycles. The van der Waals surface area contributed by atoms with Gasteiger partial charge in [0.15, 0.2) is 0 Å². The zero-order valence-corrected chi connectivity index (χ0v) is 17.7. The van der Waals surface area contributed by atoms with Crippen molar-refractivity contribution in [1.82, 2.24) is 9.03 Å². The number of nitrogens with one attached hydrogen (secondary N) is 1. The molecule has 0 atom stereocenters. The fourth-order valence-electron chi connectivity index (χ4n) is 2.87. The van der Waals surface area contributed by atoms with Gasteiger partial charge in [0.2, 0.25) is 20.0 Å². The van der Waals surface area contributed by atoms with Crippen LogP contribution in [0.3, 0.4) is 0 Å². The Morgan fingerprint density at radius 3 is 2.24 bits per heavy atom. The van der Waals surface area contributed by atoms with E-state index < -0.39 is 20.0 Å². The normalized spacial score (nSPS) is 15.9. The molecule has 0 radical (unpaired) electrons. The second kappa shape index (κ2) is 9.23. The van der Waals surface area contributed by atoms with Gasteiger partial charge in [-0.05, 0) is 42.8 Å². The van der Waals surface area contributed by atoms with E-state index in [1.165, 1.54) is 28.6 Å². The lowest BCUT2D eigenvalue weighted by molar-refractivity contribution is 0.0730. The van der Waals surface area contributed by atoms with Crippen LogP contribution in [0.2, 0.25) is 0 Å². The van der Waals surface area contributed by atoms with Gasteiger partial charge in [0.1, 0.15) is 12.4 Å². The molecular formula is C19H24N2O6S2. The van der Waals surface area contributed by atoms with Gasteiger partial charge in [-0.1, -0.05) is 18.2 Å². The van der Waals surface area contributed by atoms with Crippen molar-refractivity contribution >= 4 is 20.0 Å². The van der Waals surface area contributed by atoms with Crippen LogP contribution in [0.25, 0.3) is 0 Å². The van der Waals surface area contributed by atoms with E-state index in [2.05, 4.69) is 4.72 Å². The molecular weight excluding hydrogens is 416 g/mol. The molecule has 0 aliphatic carbocycles. The Labute approximate surface area is 171 Å². The third-order valence-electron chi connectivity index (χ3n) is 4.49. The highest BCUT2D eigenvalue weighted by Crippen LogP contribution is 2.19. The Morgan fingerprint density at radius 2 is 1.59 bits per heavy atom.